The lowest BCUT2D eigenvalue weighted by Crippen LogP contribution is -2.46. The maximum atomic E-state index is 12.8. The fourth-order valence-electron chi connectivity index (χ4n) is 2.36. The quantitative estimate of drug-likeness (QED) is 0.690. The van der Waals surface area contributed by atoms with Crippen molar-refractivity contribution in [1.82, 2.24) is 10.2 Å². The lowest BCUT2D eigenvalue weighted by atomic mass is 10.0. The number of hydrogen-bond donors (Lipinski definition) is 1. The number of piperazine rings is 1. The molecule has 0 radical (unpaired) electrons. The highest BCUT2D eigenvalue weighted by Crippen LogP contribution is 2.34. The molecule has 0 saturated carbocycles. The number of rotatable bonds is 3. The number of nitrogens with one attached hydrogen (secondary N) is 1. The van der Waals surface area contributed by atoms with Gasteiger partial charge in [-0.25, -0.2) is 0 Å². The van der Waals surface area contributed by atoms with E-state index >= 15 is 0 Å². The van der Waals surface area contributed by atoms with Crippen LogP contribution in [0, 0.1) is 3.57 Å². The van der Waals surface area contributed by atoms with E-state index < -0.39 is 18.6 Å². The minimum Gasteiger partial charge on any atom is -0.314 e. The molecule has 1 aromatic rings. The van der Waals surface area contributed by atoms with Gasteiger partial charge in [0.2, 0.25) is 0 Å². The Balaban J connectivity index is 0.00000200. The molecule has 0 unspecified atom stereocenters. The molecule has 1 atom stereocenters. The van der Waals surface area contributed by atoms with E-state index in [1.807, 2.05) is 17.0 Å². The van der Waals surface area contributed by atoms with E-state index in [1.165, 1.54) is 0 Å². The van der Waals surface area contributed by atoms with Gasteiger partial charge in [-0.1, -0.05) is 12.1 Å². The monoisotopic (exact) mass is 456 g/mol. The van der Waals surface area contributed by atoms with Gasteiger partial charge < -0.3 is 5.32 Å². The van der Waals surface area contributed by atoms with Crippen LogP contribution in [0.15, 0.2) is 24.3 Å². The summed E-state index contributed by atoms with van der Waals surface area (Å²) in [6.07, 6.45) is -4.92. The summed E-state index contributed by atoms with van der Waals surface area (Å²) in [4.78, 5) is 1.92. The van der Waals surface area contributed by atoms with Crippen molar-refractivity contribution < 1.29 is 13.2 Å². The first-order valence-corrected chi connectivity index (χ1v) is 7.30. The Morgan fingerprint density at radius 2 is 1.62 bits per heavy atom. The Morgan fingerprint density at radius 3 is 2.10 bits per heavy atom. The Morgan fingerprint density at radius 1 is 1.10 bits per heavy atom. The van der Waals surface area contributed by atoms with Crippen LogP contribution in [0.3, 0.4) is 0 Å². The van der Waals surface area contributed by atoms with Gasteiger partial charge in [0.05, 0.1) is 6.42 Å². The van der Waals surface area contributed by atoms with Crippen molar-refractivity contribution in [2.75, 3.05) is 26.2 Å². The molecule has 1 N–H and O–H groups in total. The third kappa shape index (κ3) is 6.90. The topological polar surface area (TPSA) is 15.3 Å². The third-order valence-electron chi connectivity index (χ3n) is 3.27. The summed E-state index contributed by atoms with van der Waals surface area (Å²) >= 11 is 2.16. The zero-order chi connectivity index (χ0) is 13.9. The molecule has 0 aromatic heterocycles. The van der Waals surface area contributed by atoms with Crippen LogP contribution in [0.2, 0.25) is 0 Å². The largest absolute Gasteiger partial charge is 0.390 e. The van der Waals surface area contributed by atoms with Crippen molar-refractivity contribution in [3.05, 3.63) is 33.4 Å². The summed E-state index contributed by atoms with van der Waals surface area (Å²) in [7, 11) is 0. The molecule has 122 valence electrons. The molecular formula is C13H18Cl2F3IN2. The number of benzene rings is 1. The van der Waals surface area contributed by atoms with Crippen LogP contribution in [0.4, 0.5) is 13.2 Å². The van der Waals surface area contributed by atoms with Gasteiger partial charge in [-0.2, -0.15) is 13.2 Å². The van der Waals surface area contributed by atoms with Gasteiger partial charge in [-0.3, -0.25) is 4.90 Å². The van der Waals surface area contributed by atoms with Crippen molar-refractivity contribution in [3.63, 3.8) is 0 Å². The molecule has 8 heteroatoms. The second-order valence-corrected chi connectivity index (χ2v) is 5.92. The number of hydrogen-bond acceptors (Lipinski definition) is 2. The van der Waals surface area contributed by atoms with Gasteiger partial charge in [0.1, 0.15) is 0 Å². The third-order valence-corrected chi connectivity index (χ3v) is 3.99. The molecule has 1 heterocycles. The molecular weight excluding hydrogens is 439 g/mol. The van der Waals surface area contributed by atoms with E-state index in [2.05, 4.69) is 27.9 Å². The van der Waals surface area contributed by atoms with Crippen molar-refractivity contribution in [2.24, 2.45) is 0 Å². The van der Waals surface area contributed by atoms with Crippen LogP contribution in [0.1, 0.15) is 18.0 Å². The standard InChI is InChI=1S/C13H16F3IN2.2ClH/c14-13(15,16)9-12(19-7-5-18-6-8-19)10-1-3-11(17)4-2-10;;/h1-4,12,18H,5-9H2;2*1H/t12-;;/m0../s1. The molecule has 0 spiro atoms. The molecule has 1 aliphatic heterocycles. The van der Waals surface area contributed by atoms with Crippen LogP contribution >= 0.6 is 47.4 Å². The Labute approximate surface area is 148 Å². The summed E-state index contributed by atoms with van der Waals surface area (Å²) in [6.45, 7) is 2.82. The fourth-order valence-corrected chi connectivity index (χ4v) is 2.72. The van der Waals surface area contributed by atoms with Gasteiger partial charge in [-0.15, -0.1) is 24.8 Å². The van der Waals surface area contributed by atoms with Gasteiger partial charge in [0, 0.05) is 35.8 Å². The second kappa shape index (κ2) is 9.39. The molecule has 1 fully saturated rings. The maximum Gasteiger partial charge on any atom is 0.390 e. The molecule has 2 rings (SSSR count). The number of halogens is 6. The second-order valence-electron chi connectivity index (χ2n) is 4.67. The highest BCUT2D eigenvalue weighted by atomic mass is 127. The molecule has 2 nitrogen and oxygen atoms in total. The molecule has 0 amide bonds. The highest BCUT2D eigenvalue weighted by Gasteiger charge is 2.35. The van der Waals surface area contributed by atoms with Crippen LogP contribution in [-0.4, -0.2) is 37.3 Å². The van der Waals surface area contributed by atoms with Gasteiger partial charge in [0.15, 0.2) is 0 Å². The van der Waals surface area contributed by atoms with Crippen molar-refractivity contribution >= 4 is 47.4 Å². The average molecular weight is 457 g/mol. The van der Waals surface area contributed by atoms with E-state index in [0.717, 1.165) is 22.2 Å². The molecule has 1 aromatic carbocycles. The van der Waals surface area contributed by atoms with E-state index in [-0.39, 0.29) is 24.8 Å². The molecule has 21 heavy (non-hydrogen) atoms. The first-order chi connectivity index (χ1) is 8.96. The first kappa shape index (κ1) is 21.2. The minimum atomic E-state index is -4.14. The normalized spacial score (nSPS) is 17.5. The first-order valence-electron chi connectivity index (χ1n) is 6.23. The molecule has 0 aliphatic carbocycles. The van der Waals surface area contributed by atoms with E-state index in [4.69, 9.17) is 0 Å². The Bertz CT molecular complexity index is 409. The number of nitrogens with zero attached hydrogens (tertiary/aromatic N) is 1. The van der Waals surface area contributed by atoms with Crippen LogP contribution < -0.4 is 5.32 Å². The molecule has 0 bridgehead atoms. The summed E-state index contributed by atoms with van der Waals surface area (Å²) in [5, 5.41) is 3.17. The fraction of sp³-hybridized carbons (Fsp3) is 0.538. The van der Waals surface area contributed by atoms with Crippen molar-refractivity contribution in [1.29, 1.82) is 0 Å². The van der Waals surface area contributed by atoms with E-state index in [0.29, 0.717) is 13.1 Å². The zero-order valence-electron chi connectivity index (χ0n) is 11.2. The SMILES string of the molecule is Cl.Cl.FC(F)(F)C[C@@H](c1ccc(I)cc1)N1CCNCC1. The van der Waals surface area contributed by atoms with Crippen molar-refractivity contribution in [2.45, 2.75) is 18.6 Å². The van der Waals surface area contributed by atoms with Crippen molar-refractivity contribution in [3.8, 4) is 0 Å². The minimum absolute atomic E-state index is 0. The Hall–Kier alpha value is 0.240. The Kier molecular flexibility index (Phi) is 9.50. The van der Waals surface area contributed by atoms with Crippen LogP contribution in [0.5, 0.6) is 0 Å². The number of alkyl halides is 3. The van der Waals surface area contributed by atoms with Gasteiger partial charge in [0.25, 0.3) is 0 Å². The van der Waals surface area contributed by atoms with Gasteiger partial charge >= 0.3 is 6.18 Å². The van der Waals surface area contributed by atoms with Gasteiger partial charge in [-0.05, 0) is 40.3 Å². The summed E-state index contributed by atoms with van der Waals surface area (Å²) in [5.41, 5.74) is 0.750. The molecule has 1 saturated heterocycles. The predicted molar refractivity (Wildman–Crippen MR) is 91.5 cm³/mol. The van der Waals surface area contributed by atoms with E-state index in [1.54, 1.807) is 12.1 Å². The maximum absolute atomic E-state index is 12.8. The zero-order valence-corrected chi connectivity index (χ0v) is 15.0. The lowest BCUT2D eigenvalue weighted by Gasteiger charge is -2.35. The lowest BCUT2D eigenvalue weighted by molar-refractivity contribution is -0.148. The summed E-state index contributed by atoms with van der Waals surface area (Å²) in [5.74, 6) is 0. The van der Waals surface area contributed by atoms with Crippen LogP contribution in [-0.2, 0) is 0 Å². The smallest absolute Gasteiger partial charge is 0.314 e. The highest BCUT2D eigenvalue weighted by molar-refractivity contribution is 14.1. The summed E-state index contributed by atoms with van der Waals surface area (Å²) < 4.78 is 39.4. The van der Waals surface area contributed by atoms with E-state index in [9.17, 15) is 13.2 Å². The average Bonchev–Trinajstić information content (AvgIpc) is 2.37. The predicted octanol–water partition coefficient (Wildman–Crippen LogP) is 4.03. The van der Waals surface area contributed by atoms with Crippen LogP contribution in [0.25, 0.3) is 0 Å². The molecule has 1 aliphatic rings. The summed E-state index contributed by atoms with van der Waals surface area (Å²) in [6, 6.07) is 6.77.